The molecule has 0 heterocycles. The maximum absolute atomic E-state index is 13.9. The van der Waals surface area contributed by atoms with Crippen LogP contribution in [0.15, 0.2) is 24.3 Å². The second-order valence-electron chi connectivity index (χ2n) is 6.92. The van der Waals surface area contributed by atoms with Crippen LogP contribution in [0.3, 0.4) is 0 Å². The highest BCUT2D eigenvalue weighted by Gasteiger charge is 2.19. The minimum Gasteiger partial charge on any atom is -0.623 e. The topological polar surface area (TPSA) is 35.3 Å². The van der Waals surface area contributed by atoms with Crippen molar-refractivity contribution in [3.63, 3.8) is 0 Å². The zero-order valence-electron chi connectivity index (χ0n) is 14.8. The van der Waals surface area contributed by atoms with Crippen molar-refractivity contribution in [1.82, 2.24) is 0 Å². The van der Waals surface area contributed by atoms with Gasteiger partial charge in [0.2, 0.25) is 0 Å². The maximum Gasteiger partial charge on any atom is 0.186 e. The summed E-state index contributed by atoms with van der Waals surface area (Å²) in [4.78, 5) is 0. The van der Waals surface area contributed by atoms with Crippen molar-refractivity contribution in [2.24, 2.45) is 0 Å². The molecular formula is C19H30FNO2. The van der Waals surface area contributed by atoms with E-state index in [9.17, 15) is 9.60 Å². The number of halogens is 1. The summed E-state index contributed by atoms with van der Waals surface area (Å²) in [7, 11) is 0. The Morgan fingerprint density at radius 3 is 2.57 bits per heavy atom. The van der Waals surface area contributed by atoms with E-state index in [1.165, 1.54) is 6.21 Å². The van der Waals surface area contributed by atoms with E-state index < -0.39 is 11.7 Å². The zero-order chi connectivity index (χ0) is 17.3. The fourth-order valence-electron chi connectivity index (χ4n) is 2.09. The molecule has 130 valence electrons. The van der Waals surface area contributed by atoms with Crippen LogP contribution >= 0.6 is 0 Å². The summed E-state index contributed by atoms with van der Waals surface area (Å²) in [6, 6.07) is 7.24. The molecule has 1 rings (SSSR count). The number of benzene rings is 1. The lowest BCUT2D eigenvalue weighted by molar-refractivity contribution is -0.530. The highest BCUT2D eigenvalue weighted by Crippen LogP contribution is 2.18. The number of unbranched alkanes of at least 4 members (excludes halogenated alkanes) is 3. The van der Waals surface area contributed by atoms with E-state index >= 15 is 0 Å². The van der Waals surface area contributed by atoms with Gasteiger partial charge in [-0.2, -0.15) is 0 Å². The Bertz CT molecular complexity index is 494. The first-order valence-corrected chi connectivity index (χ1v) is 8.52. The normalized spacial score (nSPS) is 13.9. The summed E-state index contributed by atoms with van der Waals surface area (Å²) in [6.07, 6.45) is 5.33. The largest absolute Gasteiger partial charge is 0.623 e. The van der Waals surface area contributed by atoms with Crippen LogP contribution in [0.5, 0.6) is 5.75 Å². The van der Waals surface area contributed by atoms with Gasteiger partial charge in [-0.05, 0) is 18.6 Å². The lowest BCUT2D eigenvalue weighted by Gasteiger charge is -2.19. The summed E-state index contributed by atoms with van der Waals surface area (Å²) < 4.78 is 20.4. The van der Waals surface area contributed by atoms with Gasteiger partial charge in [-0.1, -0.05) is 44.7 Å². The molecule has 1 aromatic rings. The van der Waals surface area contributed by atoms with Crippen molar-refractivity contribution >= 4 is 6.21 Å². The van der Waals surface area contributed by atoms with Crippen LogP contribution in [0.2, 0.25) is 0 Å². The minimum absolute atomic E-state index is 0.0331. The van der Waals surface area contributed by atoms with Crippen molar-refractivity contribution < 1.29 is 13.9 Å². The van der Waals surface area contributed by atoms with Gasteiger partial charge in [0.15, 0.2) is 11.8 Å². The fourth-order valence-corrected chi connectivity index (χ4v) is 2.09. The van der Waals surface area contributed by atoms with E-state index in [0.717, 1.165) is 30.4 Å². The molecule has 0 amide bonds. The molecule has 0 spiro atoms. The molecule has 0 saturated carbocycles. The number of rotatable bonds is 9. The predicted molar refractivity (Wildman–Crippen MR) is 94.1 cm³/mol. The van der Waals surface area contributed by atoms with Crippen molar-refractivity contribution in [2.45, 2.75) is 71.5 Å². The molecule has 1 unspecified atom stereocenters. The molecule has 0 N–H and O–H groups in total. The van der Waals surface area contributed by atoms with Gasteiger partial charge in [0.1, 0.15) is 18.5 Å². The standard InChI is InChI=1S/C19H30FNO2/c1-5-6-7-8-12-17(20)15-23-18-13-10-9-11-16(18)14-21(22)19(2,3)4/h9-11,13-14,17H,5-8,12,15H2,1-4H3. The molecular weight excluding hydrogens is 293 g/mol. The molecule has 0 saturated heterocycles. The smallest absolute Gasteiger partial charge is 0.186 e. The predicted octanol–water partition coefficient (Wildman–Crippen LogP) is 5.10. The number of hydroxylamine groups is 1. The van der Waals surface area contributed by atoms with Crippen molar-refractivity contribution in [2.75, 3.05) is 6.61 Å². The van der Waals surface area contributed by atoms with E-state index in [4.69, 9.17) is 4.74 Å². The summed E-state index contributed by atoms with van der Waals surface area (Å²) in [5.74, 6) is 0.550. The first-order valence-electron chi connectivity index (χ1n) is 8.52. The second kappa shape index (κ2) is 9.53. The van der Waals surface area contributed by atoms with Crippen LogP contribution in [0, 0.1) is 5.21 Å². The molecule has 0 aliphatic carbocycles. The van der Waals surface area contributed by atoms with Crippen LogP contribution in [0.25, 0.3) is 0 Å². The maximum atomic E-state index is 13.9. The molecule has 0 fully saturated rings. The van der Waals surface area contributed by atoms with Gasteiger partial charge in [-0.25, -0.2) is 9.13 Å². The molecule has 0 bridgehead atoms. The fraction of sp³-hybridized carbons (Fsp3) is 0.632. The lowest BCUT2D eigenvalue weighted by atomic mass is 10.1. The summed E-state index contributed by atoms with van der Waals surface area (Å²) in [5.41, 5.74) is 0.158. The average Bonchev–Trinajstić information content (AvgIpc) is 2.49. The number of hydrogen-bond acceptors (Lipinski definition) is 2. The van der Waals surface area contributed by atoms with Crippen LogP contribution < -0.4 is 4.74 Å². The molecule has 1 atom stereocenters. The number of hydrogen-bond donors (Lipinski definition) is 0. The zero-order valence-corrected chi connectivity index (χ0v) is 14.8. The highest BCUT2D eigenvalue weighted by atomic mass is 19.1. The van der Waals surface area contributed by atoms with Crippen LogP contribution in [-0.4, -0.2) is 29.3 Å². The third-order valence-electron chi connectivity index (χ3n) is 3.63. The monoisotopic (exact) mass is 323 g/mol. The third-order valence-corrected chi connectivity index (χ3v) is 3.63. The number of ether oxygens (including phenoxy) is 1. The Hall–Kier alpha value is -1.58. The molecule has 23 heavy (non-hydrogen) atoms. The van der Waals surface area contributed by atoms with E-state index in [1.54, 1.807) is 12.1 Å². The van der Waals surface area contributed by atoms with E-state index in [1.807, 2.05) is 32.9 Å². The van der Waals surface area contributed by atoms with E-state index in [0.29, 0.717) is 17.7 Å². The molecule has 0 aliphatic rings. The highest BCUT2D eigenvalue weighted by molar-refractivity contribution is 5.80. The minimum atomic E-state index is -0.967. The van der Waals surface area contributed by atoms with Gasteiger partial charge >= 0.3 is 0 Å². The lowest BCUT2D eigenvalue weighted by Crippen LogP contribution is -2.29. The van der Waals surface area contributed by atoms with Crippen molar-refractivity contribution in [1.29, 1.82) is 0 Å². The molecule has 0 aromatic heterocycles. The van der Waals surface area contributed by atoms with Crippen LogP contribution in [0.1, 0.15) is 65.4 Å². The Morgan fingerprint density at radius 1 is 1.22 bits per heavy atom. The van der Waals surface area contributed by atoms with Gasteiger partial charge in [-0.15, -0.1) is 0 Å². The Balaban J connectivity index is 2.61. The Labute approximate surface area is 139 Å². The first-order chi connectivity index (χ1) is 10.8. The molecule has 1 aromatic carbocycles. The third kappa shape index (κ3) is 7.49. The number of alkyl halides is 1. The summed E-state index contributed by atoms with van der Waals surface area (Å²) in [6.45, 7) is 7.70. The Morgan fingerprint density at radius 2 is 1.91 bits per heavy atom. The van der Waals surface area contributed by atoms with Gasteiger partial charge in [0.05, 0.1) is 5.56 Å². The molecule has 3 nitrogen and oxygen atoms in total. The average molecular weight is 323 g/mol. The van der Waals surface area contributed by atoms with Gasteiger partial charge in [-0.3, -0.25) is 0 Å². The van der Waals surface area contributed by atoms with Crippen LogP contribution in [0.4, 0.5) is 4.39 Å². The number of nitrogens with zero attached hydrogens (tertiary/aromatic N) is 1. The van der Waals surface area contributed by atoms with Gasteiger partial charge in [0, 0.05) is 20.8 Å². The van der Waals surface area contributed by atoms with Gasteiger partial charge < -0.3 is 9.94 Å². The molecule has 0 aliphatic heterocycles. The SMILES string of the molecule is CCCCCCC(F)COc1ccccc1C=[N+]([O-])C(C)(C)C. The summed E-state index contributed by atoms with van der Waals surface area (Å²) in [5, 5.41) is 12.1. The van der Waals surface area contributed by atoms with Crippen LogP contribution in [-0.2, 0) is 0 Å². The first kappa shape index (κ1) is 19.5. The molecule has 4 heteroatoms. The number of para-hydroxylation sites is 1. The van der Waals surface area contributed by atoms with Gasteiger partial charge in [0.25, 0.3) is 0 Å². The van der Waals surface area contributed by atoms with E-state index in [2.05, 4.69) is 6.92 Å². The van der Waals surface area contributed by atoms with E-state index in [-0.39, 0.29) is 6.61 Å². The summed E-state index contributed by atoms with van der Waals surface area (Å²) >= 11 is 0. The Kier molecular flexibility index (Phi) is 8.07. The quantitative estimate of drug-likeness (QED) is 0.208. The van der Waals surface area contributed by atoms with Crippen molar-refractivity contribution in [3.8, 4) is 5.75 Å². The second-order valence-corrected chi connectivity index (χ2v) is 6.92. The molecule has 0 radical (unpaired) electrons. The van der Waals surface area contributed by atoms with Crippen molar-refractivity contribution in [3.05, 3.63) is 35.0 Å².